The second kappa shape index (κ2) is 49.1. The number of para-hydroxylation sites is 6. The van der Waals surface area contributed by atoms with Gasteiger partial charge in [-0.05, 0) is 159 Å². The first-order valence-electron chi connectivity index (χ1n) is 45.2. The summed E-state index contributed by atoms with van der Waals surface area (Å²) in [5, 5.41) is 26.4. The Morgan fingerprint density at radius 2 is 0.823 bits per heavy atom. The van der Waals surface area contributed by atoms with Crippen molar-refractivity contribution in [3.8, 4) is 0 Å². The molecule has 2 N–H and O–H groups in total. The van der Waals surface area contributed by atoms with Gasteiger partial charge in [0.1, 0.15) is 61.1 Å². The number of rotatable bonds is 5. The molecule has 0 saturated heterocycles. The molecule has 25 rings (SSSR count). The Hall–Kier alpha value is -7.87. The number of thiol groups is 1. The second-order valence-electron chi connectivity index (χ2n) is 36.1. The van der Waals surface area contributed by atoms with Gasteiger partial charge < -0.3 is 40.7 Å². The van der Waals surface area contributed by atoms with Crippen LogP contribution in [-0.2, 0) is 16.9 Å². The van der Waals surface area contributed by atoms with Crippen molar-refractivity contribution in [1.82, 2.24) is 51.9 Å². The normalized spacial score (nSPS) is 12.3. The number of aldehydes is 1. The molecule has 23 aromatic rings. The Kier molecular flexibility index (Phi) is 39.0. The van der Waals surface area contributed by atoms with E-state index in [9.17, 15) is 0 Å². The fraction of sp³-hybridized carbons (Fsp3) is 0.165. The smallest absolute Gasteiger partial charge is 1.00 e. The van der Waals surface area contributed by atoms with Gasteiger partial charge in [0, 0.05) is 141 Å². The summed E-state index contributed by atoms with van der Waals surface area (Å²) in [6.45, 7) is 28.2. The number of nitrogens with two attached hydrogens (primary N) is 1. The molecule has 0 aliphatic carbocycles. The maximum absolute atomic E-state index is 9.04. The molecular formula is C109H102BBr5Cl5LiMgN13OSSi4. The average Bonchev–Trinajstić information content (AvgIpc) is 1.58. The number of benzene rings is 12. The number of pyridine rings is 6. The zero-order valence-corrected chi connectivity index (χ0v) is 98.4. The SMILES string of the molecule is Brc1cccc2c3ccccc3c3ncc(Br)n3c12.Brc1cccc2c3ccccc3c3nccn3c12.C[CH-]C.C[Si](C)(CCl)c1cnc2c3ccccc3c3cccc(Br)c3n12.C[Si](C)(Cl)CCl.C[Si]1(C)Cc2cccc3c4ccccc4c4ncc1n4c23.C[Si]1(C)Cc2cnc3c4ccccc4c4cccc1c4n23.Nc1nc2c(Br)cccc2c2ccccc12.O=CCCl.[B]=NS.[CH2-]CCC.[Cl-].[Li+].[Mg+2]. The number of hydrogen-bond donors (Lipinski definition) is 2. The number of nitrogens with zero attached hydrogens (tertiary/aromatic N) is 12. The molecule has 0 atom stereocenters. The summed E-state index contributed by atoms with van der Waals surface area (Å²) in [6.07, 6.45) is 16.9. The minimum Gasteiger partial charge on any atom is -1.00 e. The van der Waals surface area contributed by atoms with Gasteiger partial charge in [0.25, 0.3) is 0 Å². The first-order valence-corrected chi connectivity index (χ1v) is 65.0. The number of aromatic nitrogens is 11. The first kappa shape index (κ1) is 112. The molecule has 11 aromatic heterocycles. The third-order valence-corrected chi connectivity index (χ3v) is 41.6. The number of imidazole rings is 5. The van der Waals surface area contributed by atoms with E-state index in [0.717, 1.165) is 84.3 Å². The summed E-state index contributed by atoms with van der Waals surface area (Å²) in [6, 6.07) is 91.6. The fourth-order valence-electron chi connectivity index (χ4n) is 18.2. The Bertz CT molecular complexity index is 8520. The van der Waals surface area contributed by atoms with Crippen LogP contribution in [0.5, 0.6) is 0 Å². The van der Waals surface area contributed by atoms with E-state index in [2.05, 4.69) is 431 Å². The van der Waals surface area contributed by atoms with Crippen molar-refractivity contribution in [2.24, 2.45) is 4.30 Å². The number of halogens is 10. The van der Waals surface area contributed by atoms with Crippen LogP contribution >= 0.6 is 138 Å². The molecule has 0 amide bonds. The second-order valence-corrected chi connectivity index (χ2v) is 63.1. The van der Waals surface area contributed by atoms with Crippen LogP contribution in [0.1, 0.15) is 44.9 Å². The molecule has 12 aromatic carbocycles. The van der Waals surface area contributed by atoms with Crippen molar-refractivity contribution in [3.05, 3.63) is 339 Å². The van der Waals surface area contributed by atoms with Crippen molar-refractivity contribution in [2.75, 3.05) is 22.6 Å². The third-order valence-electron chi connectivity index (χ3n) is 24.4. The predicted octanol–water partition coefficient (Wildman–Crippen LogP) is 25.0. The van der Waals surface area contributed by atoms with Crippen molar-refractivity contribution >= 4 is 387 Å². The van der Waals surface area contributed by atoms with Crippen molar-refractivity contribution in [2.45, 2.75) is 98.1 Å². The van der Waals surface area contributed by atoms with Crippen molar-refractivity contribution in [3.63, 3.8) is 0 Å². The van der Waals surface area contributed by atoms with Gasteiger partial charge >= 0.3 is 66.7 Å². The molecule has 14 nitrogen and oxygen atoms in total. The molecule has 0 spiro atoms. The van der Waals surface area contributed by atoms with Crippen LogP contribution in [0.4, 0.5) is 5.82 Å². The number of unbranched alkanes of at least 4 members (excludes halogenated alkanes) is 1. The fourth-order valence-corrected chi connectivity index (χ4v) is 28.0. The minimum atomic E-state index is -1.75. The van der Waals surface area contributed by atoms with E-state index in [4.69, 9.17) is 71.4 Å². The minimum absolute atomic E-state index is 0. The van der Waals surface area contributed by atoms with Crippen molar-refractivity contribution in [1.29, 1.82) is 0 Å². The van der Waals surface area contributed by atoms with Gasteiger partial charge in [-0.15, -0.1) is 34.8 Å². The number of anilines is 1. The number of alkyl halides is 3. The number of carbonyl (C=O) groups excluding carboxylic acids is 1. The van der Waals surface area contributed by atoms with Gasteiger partial charge in [-0.25, -0.2) is 29.9 Å². The van der Waals surface area contributed by atoms with Crippen molar-refractivity contribution < 1.29 is 36.1 Å². The topological polar surface area (TPSA) is 155 Å². The summed E-state index contributed by atoms with van der Waals surface area (Å²) in [7, 11) is -1.69. The molecule has 0 bridgehead atoms. The molecule has 1 radical (unpaired) electrons. The van der Waals surface area contributed by atoms with E-state index in [1.54, 1.807) is 5.19 Å². The molecule has 13 heterocycles. The Morgan fingerprint density at radius 3 is 1.29 bits per heavy atom. The van der Waals surface area contributed by atoms with Gasteiger partial charge in [-0.2, -0.15) is 31.3 Å². The monoisotopic (exact) mass is 2360 g/mol. The average molecular weight is 2370 g/mol. The standard InChI is InChI=1S/C18H16BrClN2Si.2C18H16N2Si.C15H8Br2N2.C15H9BrN2.C13H9BrN2.C4H9.C3H8Cl2Si.C3H7.C2H3ClO.BHNS.ClH.Li.Mg/c1-23(2,11-20)16-10-21-18-14-7-4-3-6-12(14)13-8-5-9-15(19)17(13)22(16)18;1-21(2)11-12-6-5-9-14-13-7-3-4-8-15(13)18-19-10-16(21)20(18)17(12)14;1-21(2)11-12-10-19-18-15-7-4-3-6-13(15)14-8-5-9-16(21)17(14)20(12)18;16-12-7-3-6-10-9-4-1-2-5-11(9)15-18-8-13(17)19(15)14(10)12;16-13-7-3-6-11-10-4-1-2-5-12(10)15-17-8-9-18(15)14(11)13;14-11-7-3-6-9-8-4-1-2-5-10(8)13(15)16-12(9)11;1-3-4-2;1-6(2,5)3-4;1-3-2;3-1-2-4;1-2-3;;;/h3-10H,11H2,1-2H3;2*3-10H,11H2,1-2H3;1-8H;1-9H;1-7H,(H2,15,16);1,3-4H2,2H3;3H2,1-2H3;3H,1-2H3;2H,1H2;3H;1H;;/q;;;;;;-1;;-1;;;;+1;+2/p-1. The Morgan fingerprint density at radius 1 is 0.468 bits per heavy atom. The molecule has 2 aliphatic heterocycles. The third kappa shape index (κ3) is 23.0. The Balaban J connectivity index is 0.000000145. The number of fused-ring (bicyclic) bond motifs is 27. The molecule has 2 aliphatic rings. The molecule has 707 valence electrons. The van der Waals surface area contributed by atoms with Crippen LogP contribution in [-0.4, -0.2) is 137 Å². The van der Waals surface area contributed by atoms with E-state index in [1.165, 1.54) is 143 Å². The molecule has 0 saturated carbocycles. The zero-order valence-electron chi connectivity index (χ0n) is 80.4. The van der Waals surface area contributed by atoms with Crippen LogP contribution in [0.2, 0.25) is 52.4 Å². The molecule has 0 fully saturated rings. The van der Waals surface area contributed by atoms with Gasteiger partial charge in [0.15, 0.2) is 7.38 Å². The van der Waals surface area contributed by atoms with E-state index >= 15 is 0 Å². The number of carbonyl (C=O) groups is 1. The first-order chi connectivity index (χ1) is 66.5. The largest absolute Gasteiger partial charge is 2.00 e. The molecule has 32 heteroatoms. The van der Waals surface area contributed by atoms with Crippen LogP contribution in [0.3, 0.4) is 0 Å². The van der Waals surface area contributed by atoms with Gasteiger partial charge in [-0.3, -0.25) is 17.6 Å². The van der Waals surface area contributed by atoms with Crippen LogP contribution < -0.4 is 52.8 Å². The number of hydrogen-bond acceptors (Lipinski definition) is 10. The Labute approximate surface area is 928 Å². The van der Waals surface area contributed by atoms with E-state index in [0.29, 0.717) is 23.1 Å². The summed E-state index contributed by atoms with van der Waals surface area (Å²) in [4.78, 5) is 36.8. The summed E-state index contributed by atoms with van der Waals surface area (Å²) in [5.41, 5.74) is 22.6. The summed E-state index contributed by atoms with van der Waals surface area (Å²) >= 11 is 43.6. The summed E-state index contributed by atoms with van der Waals surface area (Å²) < 4.78 is 19.3. The van der Waals surface area contributed by atoms with E-state index in [-0.39, 0.29) is 60.2 Å². The molecule has 0 unspecified atom stereocenters. The van der Waals surface area contributed by atoms with E-state index in [1.807, 2.05) is 88.5 Å². The van der Waals surface area contributed by atoms with Gasteiger partial charge in [0.2, 0.25) is 0 Å². The predicted molar refractivity (Wildman–Crippen MR) is 632 cm³/mol. The zero-order chi connectivity index (χ0) is 98.2. The maximum atomic E-state index is 9.04. The van der Waals surface area contributed by atoms with Crippen LogP contribution in [0.15, 0.2) is 319 Å². The van der Waals surface area contributed by atoms with Gasteiger partial charge in [0.05, 0.1) is 53.3 Å². The van der Waals surface area contributed by atoms with E-state index < -0.39 is 31.6 Å². The van der Waals surface area contributed by atoms with Gasteiger partial charge in [-0.1, -0.05) is 296 Å². The molecule has 141 heavy (non-hydrogen) atoms. The number of nitrogen functional groups attached to an aromatic ring is 1. The molecular weight excluding hydrogens is 2270 g/mol. The maximum Gasteiger partial charge on any atom is 2.00 e. The van der Waals surface area contributed by atoms with Crippen LogP contribution in [0.25, 0.3) is 158 Å². The quantitative estimate of drug-likeness (QED) is 0.0328. The summed E-state index contributed by atoms with van der Waals surface area (Å²) in [5.74, 6) is 0.690. The van der Waals surface area contributed by atoms with Crippen LogP contribution in [0, 0.1) is 13.3 Å².